The van der Waals surface area contributed by atoms with Crippen LogP contribution in [0.1, 0.15) is 44.0 Å². The lowest BCUT2D eigenvalue weighted by atomic mass is 10.2. The maximum Gasteiger partial charge on any atom is 0.256 e. The predicted molar refractivity (Wildman–Crippen MR) is 117 cm³/mol. The highest BCUT2D eigenvalue weighted by Crippen LogP contribution is 2.24. The summed E-state index contributed by atoms with van der Waals surface area (Å²) in [6, 6.07) is 13.8. The highest BCUT2D eigenvalue weighted by molar-refractivity contribution is 7.99. The molecule has 0 fully saturated rings. The lowest BCUT2D eigenvalue weighted by Crippen LogP contribution is -2.32. The number of hydrogen-bond acceptors (Lipinski definition) is 4. The van der Waals surface area contributed by atoms with E-state index in [9.17, 15) is 13.2 Å². The smallest absolute Gasteiger partial charge is 0.256 e. The summed E-state index contributed by atoms with van der Waals surface area (Å²) in [5.41, 5.74) is 1.18. The van der Waals surface area contributed by atoms with Crippen molar-refractivity contribution in [3.05, 3.63) is 54.1 Å². The molecule has 2 aromatic carbocycles. The average molecular weight is 421 g/mol. The van der Waals surface area contributed by atoms with E-state index in [0.29, 0.717) is 24.3 Å². The Kier molecular flexibility index (Phi) is 8.54. The molecular weight excluding hydrogens is 392 g/mol. The molecule has 0 aromatic heterocycles. The zero-order chi connectivity index (χ0) is 20.6. The number of thioether (sulfide) groups is 1. The molecule has 152 valence electrons. The molecule has 0 bridgehead atoms. The number of hydrogen-bond donors (Lipinski definition) is 1. The molecule has 1 amide bonds. The number of benzene rings is 2. The van der Waals surface area contributed by atoms with E-state index in [4.69, 9.17) is 0 Å². The number of anilines is 1. The molecule has 0 atom stereocenters. The Bertz CT molecular complexity index is 875. The molecule has 0 heterocycles. The molecule has 0 aliphatic carbocycles. The number of nitrogens with zero attached hydrogens (tertiary/aromatic N) is 1. The van der Waals surface area contributed by atoms with Crippen LogP contribution in [-0.4, -0.2) is 37.5 Å². The van der Waals surface area contributed by atoms with Gasteiger partial charge in [-0.3, -0.25) is 4.79 Å². The van der Waals surface area contributed by atoms with Gasteiger partial charge in [-0.1, -0.05) is 32.9 Å². The molecule has 2 aromatic rings. The van der Waals surface area contributed by atoms with Gasteiger partial charge in [-0.2, -0.15) is 4.31 Å². The van der Waals surface area contributed by atoms with Gasteiger partial charge < -0.3 is 5.32 Å². The second kappa shape index (κ2) is 10.6. The van der Waals surface area contributed by atoms with Crippen molar-refractivity contribution in [3.8, 4) is 0 Å². The number of carbonyl (C=O) groups is 1. The minimum absolute atomic E-state index is 0.203. The first-order valence-electron chi connectivity index (χ1n) is 9.57. The van der Waals surface area contributed by atoms with Crippen molar-refractivity contribution in [2.24, 2.45) is 0 Å². The van der Waals surface area contributed by atoms with Gasteiger partial charge in [-0.15, -0.1) is 11.8 Å². The second-order valence-electron chi connectivity index (χ2n) is 6.31. The molecular formula is C21H28N2O3S2. The zero-order valence-corrected chi connectivity index (χ0v) is 18.3. The first kappa shape index (κ1) is 22.5. The molecule has 0 unspecified atom stereocenters. The predicted octanol–water partition coefficient (Wildman–Crippen LogP) is 4.86. The Balaban J connectivity index is 2.17. The van der Waals surface area contributed by atoms with Crippen molar-refractivity contribution in [1.82, 2.24) is 4.31 Å². The van der Waals surface area contributed by atoms with Crippen LogP contribution < -0.4 is 5.32 Å². The zero-order valence-electron chi connectivity index (χ0n) is 16.6. The first-order chi connectivity index (χ1) is 13.4. The molecule has 0 aliphatic rings. The summed E-state index contributed by atoms with van der Waals surface area (Å²) in [5.74, 6) is 0.675. The highest BCUT2D eigenvalue weighted by Gasteiger charge is 2.23. The summed E-state index contributed by atoms with van der Waals surface area (Å²) in [5, 5.41) is 2.85. The van der Waals surface area contributed by atoms with Crippen molar-refractivity contribution in [3.63, 3.8) is 0 Å². The summed E-state index contributed by atoms with van der Waals surface area (Å²) >= 11 is 1.61. The average Bonchev–Trinajstić information content (AvgIpc) is 2.69. The number of sulfonamides is 1. The normalized spacial score (nSPS) is 11.6. The monoisotopic (exact) mass is 420 g/mol. The number of rotatable bonds is 10. The van der Waals surface area contributed by atoms with Crippen molar-refractivity contribution in [2.45, 2.75) is 43.4 Å². The summed E-state index contributed by atoms with van der Waals surface area (Å²) in [4.78, 5) is 13.8. The summed E-state index contributed by atoms with van der Waals surface area (Å²) < 4.78 is 27.2. The van der Waals surface area contributed by atoms with Crippen LogP contribution in [0.5, 0.6) is 0 Å². The van der Waals surface area contributed by atoms with Gasteiger partial charge in [0, 0.05) is 23.7 Å². The lowest BCUT2D eigenvalue weighted by molar-refractivity contribution is 0.102. The van der Waals surface area contributed by atoms with E-state index in [1.807, 2.05) is 39.0 Å². The van der Waals surface area contributed by atoms with Gasteiger partial charge in [0.2, 0.25) is 10.0 Å². The largest absolute Gasteiger partial charge is 0.322 e. The Morgan fingerprint density at radius 1 is 0.964 bits per heavy atom. The number of nitrogens with one attached hydrogen (secondary N) is 1. The van der Waals surface area contributed by atoms with Crippen LogP contribution in [0.25, 0.3) is 0 Å². The molecule has 1 N–H and O–H groups in total. The highest BCUT2D eigenvalue weighted by atomic mass is 32.2. The summed E-state index contributed by atoms with van der Waals surface area (Å²) in [6.45, 7) is 6.97. The van der Waals surface area contributed by atoms with E-state index in [1.165, 1.54) is 4.31 Å². The number of carbonyl (C=O) groups excluding carboxylic acids is 1. The van der Waals surface area contributed by atoms with E-state index in [2.05, 4.69) is 5.32 Å². The van der Waals surface area contributed by atoms with Gasteiger partial charge in [-0.25, -0.2) is 8.42 Å². The van der Waals surface area contributed by atoms with Crippen LogP contribution in [0.2, 0.25) is 0 Å². The van der Waals surface area contributed by atoms with Crippen molar-refractivity contribution < 1.29 is 13.2 Å². The molecule has 0 saturated heterocycles. The topological polar surface area (TPSA) is 66.5 Å². The fraction of sp³-hybridized carbons (Fsp3) is 0.381. The fourth-order valence-electron chi connectivity index (χ4n) is 2.84. The van der Waals surface area contributed by atoms with Crippen molar-refractivity contribution >= 4 is 33.4 Å². The molecule has 2 rings (SSSR count). The third-order valence-corrected chi connectivity index (χ3v) is 7.00. The van der Waals surface area contributed by atoms with Gasteiger partial charge in [0.1, 0.15) is 0 Å². The summed E-state index contributed by atoms with van der Waals surface area (Å²) in [6.07, 6.45) is 1.53. The fourth-order valence-corrected chi connectivity index (χ4v) is 5.27. The van der Waals surface area contributed by atoms with Gasteiger partial charge in [-0.05, 0) is 55.0 Å². The molecule has 0 radical (unpaired) electrons. The Labute approximate surface area is 172 Å². The maximum absolute atomic E-state index is 12.8. The maximum atomic E-state index is 12.8. The van der Waals surface area contributed by atoms with Gasteiger partial charge in [0.15, 0.2) is 0 Å². The molecule has 7 heteroatoms. The first-order valence-corrected chi connectivity index (χ1v) is 12.0. The van der Waals surface area contributed by atoms with Crippen LogP contribution in [0.4, 0.5) is 5.69 Å². The standard InChI is InChI=1S/C21H28N2O3S2/c1-4-15-23(16-5-2)28(25,26)18-13-11-17(12-14-18)22-21(24)19-9-7-8-10-20(19)27-6-3/h7-14H,4-6,15-16H2,1-3H3,(H,22,24). The minimum atomic E-state index is -3.52. The molecule has 0 spiro atoms. The van der Waals surface area contributed by atoms with Crippen molar-refractivity contribution in [2.75, 3.05) is 24.2 Å². The van der Waals surface area contributed by atoms with Crippen LogP contribution >= 0.6 is 11.8 Å². The van der Waals surface area contributed by atoms with Crippen LogP contribution in [0.15, 0.2) is 58.3 Å². The van der Waals surface area contributed by atoms with E-state index in [1.54, 1.807) is 42.1 Å². The van der Waals surface area contributed by atoms with Crippen LogP contribution in [0, 0.1) is 0 Å². The Hall–Kier alpha value is -1.83. The van der Waals surface area contributed by atoms with E-state index >= 15 is 0 Å². The molecule has 0 saturated carbocycles. The van der Waals surface area contributed by atoms with Gasteiger partial charge in [0.25, 0.3) is 5.91 Å². The van der Waals surface area contributed by atoms with Gasteiger partial charge >= 0.3 is 0 Å². The van der Waals surface area contributed by atoms with Crippen LogP contribution in [-0.2, 0) is 10.0 Å². The van der Waals surface area contributed by atoms with E-state index in [-0.39, 0.29) is 10.8 Å². The van der Waals surface area contributed by atoms with E-state index < -0.39 is 10.0 Å². The van der Waals surface area contributed by atoms with Crippen molar-refractivity contribution in [1.29, 1.82) is 0 Å². The molecule has 28 heavy (non-hydrogen) atoms. The van der Waals surface area contributed by atoms with E-state index in [0.717, 1.165) is 23.5 Å². The minimum Gasteiger partial charge on any atom is -0.322 e. The van der Waals surface area contributed by atoms with Gasteiger partial charge in [0.05, 0.1) is 10.5 Å². The third kappa shape index (κ3) is 5.59. The number of amides is 1. The van der Waals surface area contributed by atoms with Crippen LogP contribution in [0.3, 0.4) is 0 Å². The quantitative estimate of drug-likeness (QED) is 0.557. The Morgan fingerprint density at radius 3 is 2.14 bits per heavy atom. The summed E-state index contributed by atoms with van der Waals surface area (Å²) in [7, 11) is -3.52. The third-order valence-electron chi connectivity index (χ3n) is 4.13. The Morgan fingerprint density at radius 2 is 1.57 bits per heavy atom. The molecule has 5 nitrogen and oxygen atoms in total. The second-order valence-corrected chi connectivity index (χ2v) is 9.56. The molecule has 0 aliphatic heterocycles. The SMILES string of the molecule is CCCN(CCC)S(=O)(=O)c1ccc(NC(=O)c2ccccc2SCC)cc1. The lowest BCUT2D eigenvalue weighted by Gasteiger charge is -2.21.